The van der Waals surface area contributed by atoms with Crippen molar-refractivity contribution in [1.29, 1.82) is 0 Å². The van der Waals surface area contributed by atoms with Crippen LogP contribution in [0.3, 0.4) is 0 Å². The molecule has 0 aliphatic heterocycles. The predicted molar refractivity (Wildman–Crippen MR) is 66.8 cm³/mol. The quantitative estimate of drug-likeness (QED) is 0.804. The van der Waals surface area contributed by atoms with Crippen molar-refractivity contribution < 1.29 is 4.74 Å². The summed E-state index contributed by atoms with van der Waals surface area (Å²) in [4.78, 5) is 8.24. The molecule has 1 fully saturated rings. The van der Waals surface area contributed by atoms with Gasteiger partial charge in [-0.1, -0.05) is 19.3 Å². The first kappa shape index (κ1) is 11.1. The molecule has 0 spiro atoms. The molecule has 0 bridgehead atoms. The van der Waals surface area contributed by atoms with Crippen LogP contribution in [0, 0.1) is 9.49 Å². The maximum Gasteiger partial charge on any atom is 0.316 e. The lowest BCUT2D eigenvalue weighted by atomic mass is 9.90. The highest BCUT2D eigenvalue weighted by atomic mass is 127. The van der Waals surface area contributed by atoms with Gasteiger partial charge >= 0.3 is 6.01 Å². The van der Waals surface area contributed by atoms with E-state index in [4.69, 9.17) is 4.74 Å². The van der Waals surface area contributed by atoms with E-state index in [0.717, 1.165) is 10.2 Å². The van der Waals surface area contributed by atoms with Crippen LogP contribution in [0.2, 0.25) is 0 Å². The summed E-state index contributed by atoms with van der Waals surface area (Å²) < 4.78 is 6.61. The molecule has 2 rings (SSSR count). The Kier molecular flexibility index (Phi) is 4.17. The highest BCUT2D eigenvalue weighted by molar-refractivity contribution is 14.1. The minimum atomic E-state index is 0.515. The zero-order valence-electron chi connectivity index (χ0n) is 8.66. The average molecular weight is 318 g/mol. The van der Waals surface area contributed by atoms with E-state index in [9.17, 15) is 0 Å². The molecule has 0 amide bonds. The predicted octanol–water partition coefficient (Wildman–Crippen LogP) is 3.04. The molecule has 1 aliphatic rings. The lowest BCUT2D eigenvalue weighted by Gasteiger charge is -2.20. The molecule has 0 atom stereocenters. The summed E-state index contributed by atoms with van der Waals surface area (Å²) in [6.07, 6.45) is 10.2. The van der Waals surface area contributed by atoms with Crippen LogP contribution in [0.5, 0.6) is 6.01 Å². The van der Waals surface area contributed by atoms with Crippen LogP contribution in [0.25, 0.3) is 0 Å². The van der Waals surface area contributed by atoms with E-state index in [1.807, 2.05) is 0 Å². The maximum absolute atomic E-state index is 5.57. The Balaban J connectivity index is 1.79. The van der Waals surface area contributed by atoms with E-state index >= 15 is 0 Å². The Bertz CT molecular complexity index is 296. The van der Waals surface area contributed by atoms with Crippen LogP contribution in [0.4, 0.5) is 0 Å². The summed E-state index contributed by atoms with van der Waals surface area (Å²) >= 11 is 2.19. The largest absolute Gasteiger partial charge is 0.463 e. The molecule has 0 N–H and O–H groups in total. The van der Waals surface area contributed by atoms with Gasteiger partial charge in [0.05, 0.1) is 6.61 Å². The highest BCUT2D eigenvalue weighted by Crippen LogP contribution is 2.23. The van der Waals surface area contributed by atoms with Crippen molar-refractivity contribution in [3.8, 4) is 6.01 Å². The van der Waals surface area contributed by atoms with Crippen LogP contribution < -0.4 is 4.74 Å². The summed E-state index contributed by atoms with van der Waals surface area (Å²) in [5.41, 5.74) is 0. The molecule has 0 unspecified atom stereocenters. The smallest absolute Gasteiger partial charge is 0.316 e. The monoisotopic (exact) mass is 318 g/mol. The first-order valence-corrected chi connectivity index (χ1v) is 6.53. The summed E-state index contributed by atoms with van der Waals surface area (Å²) in [5.74, 6) is 0.710. The van der Waals surface area contributed by atoms with Crippen molar-refractivity contribution >= 4 is 22.6 Å². The second-order valence-corrected chi connectivity index (χ2v) is 5.24. The third-order valence-corrected chi connectivity index (χ3v) is 3.33. The van der Waals surface area contributed by atoms with Gasteiger partial charge in [0.15, 0.2) is 0 Å². The Hall–Kier alpha value is -0.390. The number of hydrogen-bond donors (Lipinski definition) is 0. The van der Waals surface area contributed by atoms with E-state index in [0.29, 0.717) is 11.9 Å². The van der Waals surface area contributed by atoms with Gasteiger partial charge in [-0.25, -0.2) is 9.97 Å². The standard InChI is InChI=1S/C11H15IN2O/c12-10-6-13-11(14-7-10)15-8-9-4-2-1-3-5-9/h6-7,9H,1-5,8H2. The molecule has 1 aromatic heterocycles. The van der Waals surface area contributed by atoms with Crippen molar-refractivity contribution in [2.24, 2.45) is 5.92 Å². The highest BCUT2D eigenvalue weighted by Gasteiger charge is 2.14. The molecule has 1 heterocycles. The molecule has 0 saturated heterocycles. The molecule has 4 heteroatoms. The van der Waals surface area contributed by atoms with Gasteiger partial charge in [0.1, 0.15) is 0 Å². The molecule has 0 radical (unpaired) electrons. The number of ether oxygens (including phenoxy) is 1. The Morgan fingerprint density at radius 2 is 1.87 bits per heavy atom. The minimum absolute atomic E-state index is 0.515. The van der Waals surface area contributed by atoms with Crippen LogP contribution >= 0.6 is 22.6 Å². The molecule has 0 aromatic carbocycles. The van der Waals surface area contributed by atoms with Gasteiger partial charge < -0.3 is 4.74 Å². The summed E-state index contributed by atoms with van der Waals surface area (Å²) in [5, 5.41) is 0. The summed E-state index contributed by atoms with van der Waals surface area (Å²) in [6.45, 7) is 0.778. The van der Waals surface area contributed by atoms with E-state index in [1.54, 1.807) is 12.4 Å². The topological polar surface area (TPSA) is 35.0 Å². The second kappa shape index (κ2) is 5.63. The zero-order valence-corrected chi connectivity index (χ0v) is 10.8. The van der Waals surface area contributed by atoms with Gasteiger partial charge in [0.2, 0.25) is 0 Å². The number of aromatic nitrogens is 2. The van der Waals surface area contributed by atoms with Crippen LogP contribution in [0.15, 0.2) is 12.4 Å². The van der Waals surface area contributed by atoms with Gasteiger partial charge in [-0.05, 0) is 41.4 Å². The number of rotatable bonds is 3. The van der Waals surface area contributed by atoms with Crippen molar-refractivity contribution in [2.75, 3.05) is 6.61 Å². The van der Waals surface area contributed by atoms with E-state index in [2.05, 4.69) is 32.6 Å². The molecule has 82 valence electrons. The fourth-order valence-corrected chi connectivity index (χ4v) is 2.20. The van der Waals surface area contributed by atoms with Crippen LogP contribution in [0.1, 0.15) is 32.1 Å². The fourth-order valence-electron chi connectivity index (χ4n) is 1.92. The normalized spacial score (nSPS) is 17.7. The van der Waals surface area contributed by atoms with E-state index in [1.165, 1.54) is 32.1 Å². The van der Waals surface area contributed by atoms with Gasteiger partial charge in [-0.3, -0.25) is 0 Å². The summed E-state index contributed by atoms with van der Waals surface area (Å²) in [7, 11) is 0. The SMILES string of the molecule is Ic1cnc(OCC2CCCCC2)nc1. The minimum Gasteiger partial charge on any atom is -0.463 e. The lowest BCUT2D eigenvalue weighted by Crippen LogP contribution is -2.16. The summed E-state index contributed by atoms with van der Waals surface area (Å²) in [6, 6.07) is 0.515. The van der Waals surface area contributed by atoms with Crippen LogP contribution in [-0.4, -0.2) is 16.6 Å². The number of hydrogen-bond acceptors (Lipinski definition) is 3. The van der Waals surface area contributed by atoms with E-state index in [-0.39, 0.29) is 0 Å². The van der Waals surface area contributed by atoms with Crippen LogP contribution in [-0.2, 0) is 0 Å². The van der Waals surface area contributed by atoms with E-state index < -0.39 is 0 Å². The zero-order chi connectivity index (χ0) is 10.5. The molecule has 1 aromatic rings. The third kappa shape index (κ3) is 3.59. The molecule has 1 saturated carbocycles. The maximum atomic E-state index is 5.57. The van der Waals surface area contributed by atoms with Gasteiger partial charge in [0, 0.05) is 16.0 Å². The number of halogens is 1. The molecule has 15 heavy (non-hydrogen) atoms. The first-order valence-electron chi connectivity index (χ1n) is 5.45. The van der Waals surface area contributed by atoms with Crippen molar-refractivity contribution in [3.63, 3.8) is 0 Å². The van der Waals surface area contributed by atoms with Gasteiger partial charge in [-0.15, -0.1) is 0 Å². The Morgan fingerprint density at radius 3 is 2.53 bits per heavy atom. The lowest BCUT2D eigenvalue weighted by molar-refractivity contribution is 0.196. The number of nitrogens with zero attached hydrogens (tertiary/aromatic N) is 2. The van der Waals surface area contributed by atoms with Gasteiger partial charge in [0.25, 0.3) is 0 Å². The third-order valence-electron chi connectivity index (χ3n) is 2.77. The Labute approximate surface area is 104 Å². The van der Waals surface area contributed by atoms with Crippen molar-refractivity contribution in [3.05, 3.63) is 16.0 Å². The van der Waals surface area contributed by atoms with Gasteiger partial charge in [-0.2, -0.15) is 0 Å². The molecule has 1 aliphatic carbocycles. The fraction of sp³-hybridized carbons (Fsp3) is 0.636. The molecular weight excluding hydrogens is 303 g/mol. The molecular formula is C11H15IN2O. The first-order chi connectivity index (χ1) is 7.34. The second-order valence-electron chi connectivity index (χ2n) is 4.00. The van der Waals surface area contributed by atoms with Crippen molar-refractivity contribution in [2.45, 2.75) is 32.1 Å². The molecule has 3 nitrogen and oxygen atoms in total. The Morgan fingerprint density at radius 1 is 1.20 bits per heavy atom. The van der Waals surface area contributed by atoms with Crippen molar-refractivity contribution in [1.82, 2.24) is 9.97 Å². The average Bonchev–Trinajstić information content (AvgIpc) is 2.30.